The third-order valence-corrected chi connectivity index (χ3v) is 5.88. The van der Waals surface area contributed by atoms with E-state index in [1.165, 1.54) is 6.07 Å². The van der Waals surface area contributed by atoms with Crippen molar-refractivity contribution in [3.8, 4) is 11.3 Å². The van der Waals surface area contributed by atoms with E-state index in [2.05, 4.69) is 20.6 Å². The first-order valence-corrected chi connectivity index (χ1v) is 10.6. The van der Waals surface area contributed by atoms with Crippen molar-refractivity contribution in [3.05, 3.63) is 35.5 Å². The van der Waals surface area contributed by atoms with Gasteiger partial charge in [-0.25, -0.2) is 14.8 Å². The summed E-state index contributed by atoms with van der Waals surface area (Å²) in [4.78, 5) is 21.7. The van der Waals surface area contributed by atoms with Crippen LogP contribution in [-0.4, -0.2) is 47.9 Å². The minimum Gasteiger partial charge on any atom is -0.351 e. The van der Waals surface area contributed by atoms with Gasteiger partial charge in [0.2, 0.25) is 0 Å². The van der Waals surface area contributed by atoms with Crippen molar-refractivity contribution in [1.29, 1.82) is 0 Å². The molecule has 0 saturated carbocycles. The Morgan fingerprint density at radius 3 is 2.53 bits per heavy atom. The number of pyridine rings is 2. The van der Waals surface area contributed by atoms with E-state index in [4.69, 9.17) is 0 Å². The predicted octanol–water partition coefficient (Wildman–Crippen LogP) is 4.34. The highest BCUT2D eigenvalue weighted by Gasteiger charge is 2.47. The van der Waals surface area contributed by atoms with Crippen LogP contribution in [0.15, 0.2) is 24.4 Å². The second-order valence-corrected chi connectivity index (χ2v) is 8.50. The Bertz CT molecular complexity index is 1090. The second-order valence-electron chi connectivity index (χ2n) is 8.50. The van der Waals surface area contributed by atoms with E-state index in [9.17, 15) is 31.1 Å². The molecule has 2 aromatic heterocycles. The van der Waals surface area contributed by atoms with Gasteiger partial charge in [0, 0.05) is 43.0 Å². The molecule has 13 heteroatoms. The van der Waals surface area contributed by atoms with Crippen LogP contribution in [-0.2, 0) is 6.18 Å². The molecule has 2 amide bonds. The third kappa shape index (κ3) is 4.61. The summed E-state index contributed by atoms with van der Waals surface area (Å²) in [6, 6.07) is -0.928. The molecule has 2 aliphatic rings. The van der Waals surface area contributed by atoms with Crippen molar-refractivity contribution in [2.24, 2.45) is 5.92 Å². The van der Waals surface area contributed by atoms with Gasteiger partial charge in [-0.15, -0.1) is 0 Å². The highest BCUT2D eigenvalue weighted by molar-refractivity contribution is 5.94. The number of nitrogens with one attached hydrogen (secondary N) is 3. The van der Waals surface area contributed by atoms with Gasteiger partial charge in [-0.05, 0) is 24.1 Å². The number of alkyl halides is 6. The maximum atomic E-state index is 13.8. The highest BCUT2D eigenvalue weighted by Crippen LogP contribution is 2.44. The fourth-order valence-corrected chi connectivity index (χ4v) is 4.25. The van der Waals surface area contributed by atoms with Crippen LogP contribution < -0.4 is 20.9 Å². The lowest BCUT2D eigenvalue weighted by molar-refractivity contribution is -0.155. The molecule has 0 aliphatic carbocycles. The number of amides is 2. The normalized spacial score (nSPS) is 21.2. The van der Waals surface area contributed by atoms with Gasteiger partial charge in [0.05, 0.1) is 11.3 Å². The lowest BCUT2D eigenvalue weighted by atomic mass is 9.95. The number of fused-ring (bicyclic) bond motifs is 1. The second kappa shape index (κ2) is 8.60. The molecule has 4 rings (SSSR count). The smallest absolute Gasteiger partial charge is 0.351 e. The number of anilines is 2. The molecule has 4 heterocycles. The SMILES string of the molecule is CC(C)[C@@H]1CNCCN1c1cc(C(F)(F)F)cc(-c2ccnc3c2[C@@H](C(F)(F)F)NC(=O)N3)n1. The summed E-state index contributed by atoms with van der Waals surface area (Å²) in [6.07, 6.45) is -8.54. The number of piperazine rings is 1. The molecule has 1 fully saturated rings. The van der Waals surface area contributed by atoms with E-state index in [1.807, 2.05) is 13.8 Å². The number of carbonyl (C=O) groups is 1. The first-order chi connectivity index (χ1) is 15.9. The van der Waals surface area contributed by atoms with Crippen LogP contribution in [0.1, 0.15) is 31.0 Å². The quantitative estimate of drug-likeness (QED) is 0.561. The number of rotatable bonds is 3. The molecule has 7 nitrogen and oxygen atoms in total. The molecular formula is C21H22F6N6O. The number of nitrogens with zero attached hydrogens (tertiary/aromatic N) is 3. The molecule has 3 N–H and O–H groups in total. The standard InChI is InChI=1S/C21H22F6N6O/c1-10(2)14-9-28-5-6-33(14)15-8-11(20(22,23)24)7-13(30-15)12-3-4-29-18-16(12)17(21(25,26)27)31-19(34)32-18/h3-4,7-8,10,14,17,28H,5-6,9H2,1-2H3,(H2,29,31,32,34)/t14-,17-/m0/s1. The van der Waals surface area contributed by atoms with Gasteiger partial charge < -0.3 is 15.5 Å². The molecule has 2 aromatic rings. The minimum absolute atomic E-state index is 0.0203. The molecule has 0 aromatic carbocycles. The molecule has 0 radical (unpaired) electrons. The topological polar surface area (TPSA) is 82.2 Å². The number of carbonyl (C=O) groups excluding carboxylic acids is 1. The lowest BCUT2D eigenvalue weighted by Crippen LogP contribution is -2.54. The number of halogens is 6. The average molecular weight is 488 g/mol. The molecular weight excluding hydrogens is 466 g/mol. The Hall–Kier alpha value is -3.09. The van der Waals surface area contributed by atoms with Gasteiger partial charge in [0.25, 0.3) is 0 Å². The Labute approximate surface area is 190 Å². The molecule has 0 bridgehead atoms. The monoisotopic (exact) mass is 488 g/mol. The van der Waals surface area contributed by atoms with Crippen molar-refractivity contribution in [2.45, 2.75) is 38.3 Å². The van der Waals surface area contributed by atoms with Gasteiger partial charge in [0.1, 0.15) is 11.6 Å². The maximum Gasteiger partial charge on any atom is 0.416 e. The van der Waals surface area contributed by atoms with E-state index in [1.54, 1.807) is 10.2 Å². The van der Waals surface area contributed by atoms with Crippen molar-refractivity contribution >= 4 is 17.7 Å². The molecule has 34 heavy (non-hydrogen) atoms. The van der Waals surface area contributed by atoms with Crippen molar-refractivity contribution < 1.29 is 31.1 Å². The minimum atomic E-state index is -4.91. The van der Waals surface area contributed by atoms with E-state index in [-0.39, 0.29) is 34.9 Å². The fourth-order valence-electron chi connectivity index (χ4n) is 4.25. The van der Waals surface area contributed by atoms with Gasteiger partial charge in [0.15, 0.2) is 6.04 Å². The molecule has 1 saturated heterocycles. The van der Waals surface area contributed by atoms with Crippen molar-refractivity contribution in [2.75, 3.05) is 29.9 Å². The molecule has 184 valence electrons. The lowest BCUT2D eigenvalue weighted by Gasteiger charge is -2.40. The molecule has 2 aliphatic heterocycles. The first kappa shape index (κ1) is 24.0. The molecule has 0 unspecified atom stereocenters. The van der Waals surface area contributed by atoms with Crippen LogP contribution in [0.25, 0.3) is 11.3 Å². The third-order valence-electron chi connectivity index (χ3n) is 5.88. The van der Waals surface area contributed by atoms with Crippen molar-refractivity contribution in [3.63, 3.8) is 0 Å². The van der Waals surface area contributed by atoms with Crippen LogP contribution in [0.3, 0.4) is 0 Å². The number of hydrogen-bond acceptors (Lipinski definition) is 5. The van der Waals surface area contributed by atoms with Gasteiger partial charge in [-0.1, -0.05) is 13.8 Å². The van der Waals surface area contributed by atoms with Gasteiger partial charge in [-0.3, -0.25) is 5.32 Å². The summed E-state index contributed by atoms with van der Waals surface area (Å²) in [5.74, 6) is -0.284. The Balaban J connectivity index is 1.92. The summed E-state index contributed by atoms with van der Waals surface area (Å²) in [7, 11) is 0. The zero-order valence-corrected chi connectivity index (χ0v) is 18.2. The van der Waals surface area contributed by atoms with Crippen LogP contribution in [0, 0.1) is 5.92 Å². The van der Waals surface area contributed by atoms with Crippen LogP contribution in [0.4, 0.5) is 42.8 Å². The largest absolute Gasteiger partial charge is 0.416 e. The summed E-state index contributed by atoms with van der Waals surface area (Å²) < 4.78 is 82.8. The average Bonchev–Trinajstić information content (AvgIpc) is 2.76. The first-order valence-electron chi connectivity index (χ1n) is 10.6. The number of aromatic nitrogens is 2. The van der Waals surface area contributed by atoms with Crippen LogP contribution >= 0.6 is 0 Å². The summed E-state index contributed by atoms with van der Waals surface area (Å²) in [5, 5.41) is 7.17. The van der Waals surface area contributed by atoms with Crippen LogP contribution in [0.2, 0.25) is 0 Å². The van der Waals surface area contributed by atoms with Gasteiger partial charge in [-0.2, -0.15) is 26.3 Å². The highest BCUT2D eigenvalue weighted by atomic mass is 19.4. The van der Waals surface area contributed by atoms with E-state index < -0.39 is 35.6 Å². The number of hydrogen-bond donors (Lipinski definition) is 3. The van der Waals surface area contributed by atoms with E-state index in [0.717, 1.165) is 18.3 Å². The maximum absolute atomic E-state index is 13.8. The predicted molar refractivity (Wildman–Crippen MR) is 112 cm³/mol. The zero-order valence-electron chi connectivity index (χ0n) is 18.2. The number of urea groups is 1. The Morgan fingerprint density at radius 1 is 1.15 bits per heavy atom. The molecule has 0 spiro atoms. The van der Waals surface area contributed by atoms with Gasteiger partial charge >= 0.3 is 18.4 Å². The van der Waals surface area contributed by atoms with Crippen molar-refractivity contribution in [1.82, 2.24) is 20.6 Å². The Morgan fingerprint density at radius 2 is 1.88 bits per heavy atom. The summed E-state index contributed by atoms with van der Waals surface area (Å²) >= 11 is 0. The van der Waals surface area contributed by atoms with E-state index >= 15 is 0 Å². The summed E-state index contributed by atoms with van der Waals surface area (Å²) in [5.41, 5.74) is -2.02. The fraction of sp³-hybridized carbons (Fsp3) is 0.476. The van der Waals surface area contributed by atoms with E-state index in [0.29, 0.717) is 19.6 Å². The summed E-state index contributed by atoms with van der Waals surface area (Å²) in [6.45, 7) is 5.30. The molecule has 2 atom stereocenters. The zero-order chi connectivity index (χ0) is 24.8. The van der Waals surface area contributed by atoms with Crippen LogP contribution in [0.5, 0.6) is 0 Å². The Kier molecular flexibility index (Phi) is 6.08.